The second kappa shape index (κ2) is 34.7. The molecule has 0 fully saturated rings. The van der Waals surface area contributed by atoms with Gasteiger partial charge in [0.2, 0.25) is 0 Å². The molecule has 0 saturated heterocycles. The van der Waals surface area contributed by atoms with Crippen molar-refractivity contribution >= 4 is 159 Å². The highest BCUT2D eigenvalue weighted by molar-refractivity contribution is 7.26. The minimum Gasteiger partial charge on any atom is -0.135 e. The second-order valence-electron chi connectivity index (χ2n) is 35.0. The summed E-state index contributed by atoms with van der Waals surface area (Å²) in [6.07, 6.45) is 0. The maximum Gasteiger partial charge on any atom is 0.0361 e. The lowest BCUT2D eigenvalue weighted by molar-refractivity contribution is 1.61. The van der Waals surface area contributed by atoms with Crippen molar-refractivity contribution in [2.75, 3.05) is 0 Å². The van der Waals surface area contributed by atoms with Crippen molar-refractivity contribution in [1.82, 2.24) is 0 Å². The van der Waals surface area contributed by atoms with Crippen LogP contribution >= 0.6 is 34.0 Å². The summed E-state index contributed by atoms with van der Waals surface area (Å²) in [6.45, 7) is 0. The number of fused-ring (bicyclic) bond motifs is 15. The van der Waals surface area contributed by atoms with Gasteiger partial charge in [-0.3, -0.25) is 0 Å². The van der Waals surface area contributed by atoms with E-state index in [2.05, 4.69) is 510 Å². The lowest BCUT2D eigenvalue weighted by atomic mass is 9.83. The van der Waals surface area contributed by atoms with E-state index in [-0.39, 0.29) is 0 Å². The minimum absolute atomic E-state index is 1.23. The van der Waals surface area contributed by atoms with Gasteiger partial charge in [-0.05, 0) is 253 Å². The molecule has 0 aliphatic carbocycles. The first-order valence-electron chi connectivity index (χ1n) is 46.3. The highest BCUT2D eigenvalue weighted by Crippen LogP contribution is 2.52. The van der Waals surface area contributed by atoms with E-state index in [1.807, 2.05) is 34.0 Å². The fourth-order valence-corrected chi connectivity index (χ4v) is 24.4. The zero-order chi connectivity index (χ0) is 89.2. The van der Waals surface area contributed by atoms with Crippen LogP contribution < -0.4 is 0 Å². The molecule has 24 aromatic carbocycles. The third-order valence-electron chi connectivity index (χ3n) is 27.2. The largest absolute Gasteiger partial charge is 0.135 e. The summed E-state index contributed by atoms with van der Waals surface area (Å²) >= 11 is 5.62. The van der Waals surface area contributed by atoms with E-state index in [1.165, 1.54) is 259 Å². The Morgan fingerprint density at radius 3 is 0.593 bits per heavy atom. The Hall–Kier alpha value is -16.5. The van der Waals surface area contributed by atoms with Crippen molar-refractivity contribution in [1.29, 1.82) is 0 Å². The molecule has 630 valence electrons. The highest BCUT2D eigenvalue weighted by atomic mass is 32.1. The highest BCUT2D eigenvalue weighted by Gasteiger charge is 2.24. The van der Waals surface area contributed by atoms with Gasteiger partial charge in [0.25, 0.3) is 0 Å². The molecule has 27 aromatic rings. The van der Waals surface area contributed by atoms with Gasteiger partial charge in [-0.1, -0.05) is 455 Å². The van der Waals surface area contributed by atoms with E-state index in [0.29, 0.717) is 0 Å². The van der Waals surface area contributed by atoms with E-state index in [9.17, 15) is 0 Å². The maximum atomic E-state index is 2.38. The van der Waals surface area contributed by atoms with Crippen molar-refractivity contribution in [3.63, 3.8) is 0 Å². The molecule has 135 heavy (non-hydrogen) atoms. The fourth-order valence-electron chi connectivity index (χ4n) is 21.0. The summed E-state index contributed by atoms with van der Waals surface area (Å²) in [4.78, 5) is 0. The molecule has 0 nitrogen and oxygen atoms in total. The Bertz CT molecular complexity index is 9090. The van der Waals surface area contributed by atoms with Crippen LogP contribution in [0.5, 0.6) is 0 Å². The molecule has 0 saturated carbocycles. The van der Waals surface area contributed by atoms with Crippen LogP contribution in [0.25, 0.3) is 259 Å². The Morgan fingerprint density at radius 2 is 0.274 bits per heavy atom. The molecule has 0 aliphatic rings. The third-order valence-corrected chi connectivity index (χ3v) is 30.6. The van der Waals surface area contributed by atoms with Crippen LogP contribution in [0.4, 0.5) is 0 Å². The summed E-state index contributed by atoms with van der Waals surface area (Å²) in [5, 5.41) is 23.3. The molecule has 0 spiro atoms. The fraction of sp³-hybridized carbons (Fsp3) is 0. The smallest absolute Gasteiger partial charge is 0.0361 e. The average Bonchev–Trinajstić information content (AvgIpc) is 1.58. The lowest BCUT2D eigenvalue weighted by Gasteiger charge is -2.20. The van der Waals surface area contributed by atoms with E-state index in [4.69, 9.17) is 0 Å². The van der Waals surface area contributed by atoms with Gasteiger partial charge in [0.1, 0.15) is 0 Å². The molecular weight excluding hydrogens is 1680 g/mol. The molecule has 3 heteroatoms. The summed E-state index contributed by atoms with van der Waals surface area (Å²) in [7, 11) is 0. The molecule has 0 atom stereocenters. The molecule has 0 unspecified atom stereocenters. The minimum atomic E-state index is 1.23. The summed E-state index contributed by atoms with van der Waals surface area (Å²) < 4.78 is 8.00. The van der Waals surface area contributed by atoms with Crippen LogP contribution in [-0.4, -0.2) is 0 Å². The number of rotatable bonds is 12. The van der Waals surface area contributed by atoms with Crippen LogP contribution in [0.1, 0.15) is 0 Å². The predicted octanol–water partition coefficient (Wildman–Crippen LogP) is 39.1. The zero-order valence-corrected chi connectivity index (χ0v) is 76.2. The first kappa shape index (κ1) is 80.6. The average molecular weight is 1770 g/mol. The third kappa shape index (κ3) is 14.7. The summed E-state index contributed by atoms with van der Waals surface area (Å²) in [6, 6.07) is 187. The van der Waals surface area contributed by atoms with Crippen LogP contribution in [0.2, 0.25) is 0 Å². The van der Waals surface area contributed by atoms with Crippen molar-refractivity contribution in [3.05, 3.63) is 510 Å². The number of benzene rings is 24. The number of thiophene rings is 3. The molecule has 0 amide bonds. The van der Waals surface area contributed by atoms with E-state index in [0.717, 1.165) is 0 Å². The van der Waals surface area contributed by atoms with Gasteiger partial charge in [0, 0.05) is 60.5 Å². The zero-order valence-electron chi connectivity index (χ0n) is 73.7. The van der Waals surface area contributed by atoms with Crippen molar-refractivity contribution in [2.24, 2.45) is 0 Å². The van der Waals surface area contributed by atoms with Crippen LogP contribution in [0.15, 0.2) is 510 Å². The van der Waals surface area contributed by atoms with Crippen molar-refractivity contribution < 1.29 is 0 Å². The maximum absolute atomic E-state index is 2.38. The van der Waals surface area contributed by atoms with Crippen LogP contribution in [0, 0.1) is 0 Å². The quantitative estimate of drug-likeness (QED) is 0.107. The second-order valence-corrected chi connectivity index (χ2v) is 38.2. The normalized spacial score (nSPS) is 11.6. The lowest BCUT2D eigenvalue weighted by Crippen LogP contribution is -1.92. The molecular formula is C132H84S3. The van der Waals surface area contributed by atoms with Gasteiger partial charge >= 0.3 is 0 Å². The molecule has 0 aliphatic heterocycles. The molecule has 3 aromatic heterocycles. The van der Waals surface area contributed by atoms with Gasteiger partial charge in [-0.25, -0.2) is 0 Å². The molecule has 0 N–H and O–H groups in total. The number of hydrogen-bond acceptors (Lipinski definition) is 3. The molecule has 0 radical (unpaired) electrons. The Labute approximate surface area is 795 Å². The van der Waals surface area contributed by atoms with Crippen molar-refractivity contribution in [2.45, 2.75) is 0 Å². The van der Waals surface area contributed by atoms with Crippen LogP contribution in [-0.2, 0) is 0 Å². The van der Waals surface area contributed by atoms with E-state index < -0.39 is 0 Å². The standard InChI is InChI=1S/3C44H28S/c1-2-12-29(13-3-1)30-14-10-16-33(26-30)43-37-19-4-6-21-39(37)44(40-22-7-5-20-38(40)43)34-17-11-15-31(27-34)32-24-25-36-35-18-8-9-23-41(35)45-42(36)28-32;1-2-11-29(12-3-1)30-21-23-31(24-22-30)43-37-16-4-6-18-39(37)44(40-19-7-5-17-38(40)43)34-14-10-13-32(27-34)33-25-26-36-35-15-8-9-20-41(35)45-42(36)28-33;1-2-12-29(13-3-1)30-22-24-31(25-23-30)43-37-17-6-8-19-39(37)44(40-20-9-7-18-38(40)43)36-16-5-4-14-33(36)32-26-27-35-34-15-10-11-21-41(34)45-42(35)28-32/h3*1-28H. The first-order chi connectivity index (χ1) is 67.0. The van der Waals surface area contributed by atoms with Gasteiger partial charge in [-0.15, -0.1) is 34.0 Å². The Kier molecular flexibility index (Phi) is 20.7. The Morgan fingerprint density at radius 1 is 0.0889 bits per heavy atom. The van der Waals surface area contributed by atoms with E-state index in [1.54, 1.807) is 0 Å². The van der Waals surface area contributed by atoms with Gasteiger partial charge in [0.15, 0.2) is 0 Å². The van der Waals surface area contributed by atoms with Gasteiger partial charge < -0.3 is 0 Å². The SMILES string of the molecule is c1ccc(-c2ccc(-c3c4ccccc4c(-c4cccc(-c5ccc6c(c5)sc5ccccc56)c4)c4ccccc34)cc2)cc1.c1ccc(-c2ccc(-c3c4ccccc4c(-c4ccccc4-c4ccc5c(c4)sc4ccccc45)c4ccccc34)cc2)cc1.c1ccc(-c2cccc(-c3c4ccccc4c(-c4cccc(-c5ccc6c(c5)sc5ccccc56)c4)c4ccccc34)c2)cc1. The van der Waals surface area contributed by atoms with Crippen molar-refractivity contribution in [3.8, 4) is 134 Å². The van der Waals surface area contributed by atoms with Crippen LogP contribution in [0.3, 0.4) is 0 Å². The Balaban J connectivity index is 0.000000108. The van der Waals surface area contributed by atoms with E-state index >= 15 is 0 Å². The predicted molar refractivity (Wildman–Crippen MR) is 588 cm³/mol. The molecule has 3 heterocycles. The molecule has 27 rings (SSSR count). The summed E-state index contributed by atoms with van der Waals surface area (Å²) in [5.74, 6) is 0. The van der Waals surface area contributed by atoms with Gasteiger partial charge in [-0.2, -0.15) is 0 Å². The monoisotopic (exact) mass is 1760 g/mol. The summed E-state index contributed by atoms with van der Waals surface area (Å²) in [5.41, 5.74) is 30.0. The first-order valence-corrected chi connectivity index (χ1v) is 48.8. The van der Waals surface area contributed by atoms with Gasteiger partial charge in [0.05, 0.1) is 0 Å². The number of hydrogen-bond donors (Lipinski definition) is 0. The topological polar surface area (TPSA) is 0 Å². The molecule has 0 bridgehead atoms.